The van der Waals surface area contributed by atoms with E-state index >= 15 is 0 Å². The molecule has 1 unspecified atom stereocenters. The molecule has 110 valence electrons. The van der Waals surface area contributed by atoms with Crippen molar-refractivity contribution in [2.45, 2.75) is 13.3 Å². The predicted molar refractivity (Wildman–Crippen MR) is 76.4 cm³/mol. The standard InChI is InChI=1S/C13H20N4O3/c1-10(7-11(14)5-6-15-2)9-20-13-4-3-12(8-16-13)17(18)19/h3-4,7-8,10,15H,5-6,9,14H2,1-2H3/b11-7-. The molecule has 7 heteroatoms. The summed E-state index contributed by atoms with van der Waals surface area (Å²) in [7, 11) is 1.88. The number of nitrogens with two attached hydrogens (primary N) is 1. The molecule has 0 spiro atoms. The fourth-order valence-electron chi connectivity index (χ4n) is 1.55. The average Bonchev–Trinajstić information content (AvgIpc) is 2.43. The van der Waals surface area contributed by atoms with Crippen molar-refractivity contribution in [1.29, 1.82) is 0 Å². The van der Waals surface area contributed by atoms with Gasteiger partial charge in [0, 0.05) is 30.3 Å². The number of hydrogen-bond donors (Lipinski definition) is 2. The molecule has 0 saturated heterocycles. The Labute approximate surface area is 118 Å². The number of ether oxygens (including phenoxy) is 1. The quantitative estimate of drug-likeness (QED) is 0.552. The van der Waals surface area contributed by atoms with E-state index in [4.69, 9.17) is 10.5 Å². The van der Waals surface area contributed by atoms with Crippen LogP contribution in [0.1, 0.15) is 13.3 Å². The summed E-state index contributed by atoms with van der Waals surface area (Å²) in [6.07, 6.45) is 3.91. The smallest absolute Gasteiger partial charge is 0.287 e. The summed E-state index contributed by atoms with van der Waals surface area (Å²) in [5, 5.41) is 13.5. The van der Waals surface area contributed by atoms with Crippen LogP contribution in [-0.2, 0) is 0 Å². The highest BCUT2D eigenvalue weighted by Crippen LogP contribution is 2.14. The van der Waals surface area contributed by atoms with Crippen LogP contribution in [-0.4, -0.2) is 30.1 Å². The maximum absolute atomic E-state index is 10.5. The van der Waals surface area contributed by atoms with E-state index in [1.165, 1.54) is 18.3 Å². The highest BCUT2D eigenvalue weighted by Gasteiger charge is 2.07. The third-order valence-electron chi connectivity index (χ3n) is 2.59. The van der Waals surface area contributed by atoms with Gasteiger partial charge >= 0.3 is 0 Å². The van der Waals surface area contributed by atoms with Gasteiger partial charge in [0.25, 0.3) is 5.69 Å². The lowest BCUT2D eigenvalue weighted by molar-refractivity contribution is -0.385. The minimum absolute atomic E-state index is 0.0541. The normalized spacial score (nSPS) is 13.0. The van der Waals surface area contributed by atoms with Gasteiger partial charge in [0.2, 0.25) is 5.88 Å². The fourth-order valence-corrected chi connectivity index (χ4v) is 1.55. The average molecular weight is 280 g/mol. The molecule has 0 radical (unpaired) electrons. The van der Waals surface area contributed by atoms with Crippen molar-refractivity contribution in [3.63, 3.8) is 0 Å². The minimum Gasteiger partial charge on any atom is -0.477 e. The topological polar surface area (TPSA) is 103 Å². The van der Waals surface area contributed by atoms with E-state index in [1.807, 2.05) is 20.0 Å². The van der Waals surface area contributed by atoms with Crippen molar-refractivity contribution in [1.82, 2.24) is 10.3 Å². The summed E-state index contributed by atoms with van der Waals surface area (Å²) in [6, 6.07) is 2.85. The van der Waals surface area contributed by atoms with E-state index in [9.17, 15) is 10.1 Å². The summed E-state index contributed by atoms with van der Waals surface area (Å²) in [6.45, 7) is 3.24. The zero-order valence-electron chi connectivity index (χ0n) is 11.7. The molecule has 0 aliphatic carbocycles. The van der Waals surface area contributed by atoms with Gasteiger partial charge in [0.1, 0.15) is 6.20 Å². The summed E-state index contributed by atoms with van der Waals surface area (Å²) >= 11 is 0. The number of rotatable bonds is 8. The van der Waals surface area contributed by atoms with Crippen molar-refractivity contribution >= 4 is 5.69 Å². The number of aromatic nitrogens is 1. The largest absolute Gasteiger partial charge is 0.477 e. The maximum atomic E-state index is 10.5. The first kappa shape index (κ1) is 15.9. The second-order valence-electron chi connectivity index (χ2n) is 4.50. The van der Waals surface area contributed by atoms with E-state index < -0.39 is 4.92 Å². The van der Waals surface area contributed by atoms with Crippen LogP contribution in [0.5, 0.6) is 5.88 Å². The van der Waals surface area contributed by atoms with Crippen LogP contribution >= 0.6 is 0 Å². The van der Waals surface area contributed by atoms with Gasteiger partial charge in [-0.1, -0.05) is 13.0 Å². The first-order valence-corrected chi connectivity index (χ1v) is 6.37. The highest BCUT2D eigenvalue weighted by molar-refractivity contribution is 5.28. The Bertz CT molecular complexity index is 459. The van der Waals surface area contributed by atoms with Crippen LogP contribution in [0.25, 0.3) is 0 Å². The van der Waals surface area contributed by atoms with Crippen LogP contribution in [0.4, 0.5) is 5.69 Å². The van der Waals surface area contributed by atoms with Gasteiger partial charge in [0.05, 0.1) is 11.5 Å². The first-order valence-electron chi connectivity index (χ1n) is 6.37. The molecular formula is C13H20N4O3. The molecule has 0 aromatic carbocycles. The Morgan fingerprint density at radius 3 is 2.95 bits per heavy atom. The number of pyridine rings is 1. The molecular weight excluding hydrogens is 260 g/mol. The third kappa shape index (κ3) is 5.66. The second kappa shape index (κ2) is 8.11. The molecule has 0 aliphatic heterocycles. The molecule has 1 heterocycles. The Morgan fingerprint density at radius 2 is 2.40 bits per heavy atom. The summed E-state index contributed by atoms with van der Waals surface area (Å²) in [5.74, 6) is 0.508. The van der Waals surface area contributed by atoms with E-state index in [1.54, 1.807) is 0 Å². The predicted octanol–water partition coefficient (Wildman–Crippen LogP) is 1.46. The summed E-state index contributed by atoms with van der Waals surface area (Å²) in [4.78, 5) is 13.9. The Morgan fingerprint density at radius 1 is 1.65 bits per heavy atom. The van der Waals surface area contributed by atoms with E-state index in [-0.39, 0.29) is 11.6 Å². The molecule has 1 rings (SSSR count). The lowest BCUT2D eigenvalue weighted by Gasteiger charge is -2.10. The van der Waals surface area contributed by atoms with Crippen LogP contribution in [0.2, 0.25) is 0 Å². The molecule has 1 atom stereocenters. The van der Waals surface area contributed by atoms with Gasteiger partial charge in [-0.3, -0.25) is 10.1 Å². The Balaban J connectivity index is 2.44. The van der Waals surface area contributed by atoms with E-state index in [0.717, 1.165) is 18.7 Å². The molecule has 0 bridgehead atoms. The maximum Gasteiger partial charge on any atom is 0.287 e. The van der Waals surface area contributed by atoms with Gasteiger partial charge in [0.15, 0.2) is 0 Å². The molecule has 0 amide bonds. The molecule has 3 N–H and O–H groups in total. The molecule has 0 aliphatic rings. The van der Waals surface area contributed by atoms with Crippen LogP contribution in [0, 0.1) is 16.0 Å². The van der Waals surface area contributed by atoms with Gasteiger partial charge in [-0.2, -0.15) is 0 Å². The zero-order valence-corrected chi connectivity index (χ0v) is 11.7. The van der Waals surface area contributed by atoms with Crippen molar-refractivity contribution in [2.24, 2.45) is 11.7 Å². The fraction of sp³-hybridized carbons (Fsp3) is 0.462. The lowest BCUT2D eigenvalue weighted by atomic mass is 10.1. The molecule has 0 saturated carbocycles. The van der Waals surface area contributed by atoms with Crippen molar-refractivity contribution in [3.05, 3.63) is 40.2 Å². The zero-order chi connectivity index (χ0) is 15.0. The number of hydrogen-bond acceptors (Lipinski definition) is 6. The van der Waals surface area contributed by atoms with Crippen LogP contribution < -0.4 is 15.8 Å². The van der Waals surface area contributed by atoms with Crippen molar-refractivity contribution in [2.75, 3.05) is 20.2 Å². The minimum atomic E-state index is -0.495. The van der Waals surface area contributed by atoms with Gasteiger partial charge in [-0.05, 0) is 13.5 Å². The van der Waals surface area contributed by atoms with Crippen molar-refractivity contribution in [3.8, 4) is 5.88 Å². The number of nitro groups is 1. The SMILES string of the molecule is CNCC/C(N)=C/C(C)COc1ccc([N+](=O)[O-])cn1. The number of nitrogens with zero attached hydrogens (tertiary/aromatic N) is 2. The summed E-state index contributed by atoms with van der Waals surface area (Å²) in [5.41, 5.74) is 6.62. The van der Waals surface area contributed by atoms with Crippen LogP contribution in [0.15, 0.2) is 30.1 Å². The van der Waals surface area contributed by atoms with E-state index in [0.29, 0.717) is 12.5 Å². The lowest BCUT2D eigenvalue weighted by Crippen LogP contribution is -2.14. The molecule has 1 aromatic rings. The van der Waals surface area contributed by atoms with E-state index in [2.05, 4.69) is 10.3 Å². The molecule has 7 nitrogen and oxygen atoms in total. The van der Waals surface area contributed by atoms with Crippen LogP contribution in [0.3, 0.4) is 0 Å². The van der Waals surface area contributed by atoms with Gasteiger partial charge in [-0.25, -0.2) is 4.98 Å². The molecule has 1 aromatic heterocycles. The van der Waals surface area contributed by atoms with Gasteiger partial charge in [-0.15, -0.1) is 0 Å². The third-order valence-corrected chi connectivity index (χ3v) is 2.59. The molecule has 0 fully saturated rings. The summed E-state index contributed by atoms with van der Waals surface area (Å²) < 4.78 is 5.46. The van der Waals surface area contributed by atoms with Crippen molar-refractivity contribution < 1.29 is 9.66 Å². The second-order valence-corrected chi connectivity index (χ2v) is 4.50. The highest BCUT2D eigenvalue weighted by atomic mass is 16.6. The Hall–Kier alpha value is -2.15. The van der Waals surface area contributed by atoms with Gasteiger partial charge < -0.3 is 15.8 Å². The molecule has 20 heavy (non-hydrogen) atoms. The Kier molecular flexibility index (Phi) is 6.45. The number of nitrogens with one attached hydrogen (secondary N) is 1. The monoisotopic (exact) mass is 280 g/mol. The first-order chi connectivity index (χ1) is 9.52.